The van der Waals surface area contributed by atoms with Crippen LogP contribution < -0.4 is 0 Å². The normalized spacial score (nSPS) is 32.5. The second kappa shape index (κ2) is 6.69. The Bertz CT molecular complexity index is 647. The first-order valence-corrected chi connectivity index (χ1v) is 10.1. The first kappa shape index (κ1) is 19.4. The second-order valence-electron chi connectivity index (χ2n) is 9.00. The van der Waals surface area contributed by atoms with Crippen LogP contribution in [0.5, 0.6) is 11.5 Å². The molecule has 0 spiro atoms. The molecule has 4 unspecified atom stereocenters. The summed E-state index contributed by atoms with van der Waals surface area (Å²) in [6.07, 6.45) is 5.19. The summed E-state index contributed by atoms with van der Waals surface area (Å²) in [7, 11) is 0. The van der Waals surface area contributed by atoms with E-state index in [1.807, 2.05) is 13.8 Å². The minimum absolute atomic E-state index is 0.0147. The van der Waals surface area contributed by atoms with Gasteiger partial charge in [-0.25, -0.2) is 8.78 Å². The van der Waals surface area contributed by atoms with Gasteiger partial charge in [0.2, 0.25) is 0 Å². The highest BCUT2D eigenvalue weighted by Gasteiger charge is 2.81. The van der Waals surface area contributed by atoms with Crippen molar-refractivity contribution in [1.82, 2.24) is 0 Å². The van der Waals surface area contributed by atoms with Crippen LogP contribution in [0.3, 0.4) is 0 Å². The van der Waals surface area contributed by atoms with E-state index >= 15 is 0 Å². The number of phenolic OH excluding ortho intramolecular Hbond substituents is 2. The van der Waals surface area contributed by atoms with Gasteiger partial charge in [-0.3, -0.25) is 0 Å². The fourth-order valence-electron chi connectivity index (χ4n) is 5.33. The van der Waals surface area contributed by atoms with Crippen LogP contribution in [0.15, 0.2) is 12.1 Å². The quantitative estimate of drug-likeness (QED) is 0.584. The SMILES string of the molecule is CCCCCc1cc(O)c(C2C(C(C)C)CCC3(C)C2C3(F)F)c(O)c1. The molecule has 0 heterocycles. The van der Waals surface area contributed by atoms with Crippen LogP contribution in [0, 0.1) is 23.2 Å². The molecule has 1 aromatic carbocycles. The number of unbranched alkanes of at least 4 members (excludes halogenated alkanes) is 2. The Hall–Kier alpha value is -1.32. The van der Waals surface area contributed by atoms with Crippen LogP contribution in [0.25, 0.3) is 0 Å². The average Bonchev–Trinajstić information content (AvgIpc) is 3.00. The predicted molar refractivity (Wildman–Crippen MR) is 99.8 cm³/mol. The van der Waals surface area contributed by atoms with E-state index in [2.05, 4.69) is 6.92 Å². The number of phenols is 2. The van der Waals surface area contributed by atoms with Gasteiger partial charge in [-0.2, -0.15) is 0 Å². The maximum Gasteiger partial charge on any atom is 0.257 e. The van der Waals surface area contributed by atoms with Gasteiger partial charge in [0.15, 0.2) is 0 Å². The van der Waals surface area contributed by atoms with Gasteiger partial charge in [-0.1, -0.05) is 40.5 Å². The number of aromatic hydroxyl groups is 2. The summed E-state index contributed by atoms with van der Waals surface area (Å²) in [5, 5.41) is 21.3. The minimum Gasteiger partial charge on any atom is -0.508 e. The Morgan fingerprint density at radius 1 is 1.15 bits per heavy atom. The molecule has 146 valence electrons. The van der Waals surface area contributed by atoms with E-state index in [-0.39, 0.29) is 23.3 Å². The molecule has 0 saturated heterocycles. The zero-order chi connectivity index (χ0) is 19.3. The van der Waals surface area contributed by atoms with Crippen LogP contribution in [0.1, 0.15) is 76.8 Å². The Balaban J connectivity index is 1.97. The smallest absolute Gasteiger partial charge is 0.257 e. The molecule has 2 nitrogen and oxygen atoms in total. The Labute approximate surface area is 155 Å². The van der Waals surface area contributed by atoms with Gasteiger partial charge in [0.25, 0.3) is 5.92 Å². The van der Waals surface area contributed by atoms with E-state index < -0.39 is 23.2 Å². The van der Waals surface area contributed by atoms with Gasteiger partial charge < -0.3 is 10.2 Å². The first-order chi connectivity index (χ1) is 12.1. The van der Waals surface area contributed by atoms with Crippen LogP contribution >= 0.6 is 0 Å². The van der Waals surface area contributed by atoms with Crippen molar-refractivity contribution in [3.63, 3.8) is 0 Å². The summed E-state index contributed by atoms with van der Waals surface area (Å²) >= 11 is 0. The van der Waals surface area contributed by atoms with Gasteiger partial charge in [0, 0.05) is 22.8 Å². The van der Waals surface area contributed by atoms with E-state index in [1.54, 1.807) is 19.1 Å². The largest absolute Gasteiger partial charge is 0.508 e. The molecule has 2 N–H and O–H groups in total. The van der Waals surface area contributed by atoms with Crippen molar-refractivity contribution in [1.29, 1.82) is 0 Å². The molecular weight excluding hydrogens is 334 g/mol. The molecule has 0 amide bonds. The molecule has 0 radical (unpaired) electrons. The highest BCUT2D eigenvalue weighted by molar-refractivity contribution is 5.51. The molecule has 0 aliphatic heterocycles. The molecule has 0 bridgehead atoms. The monoisotopic (exact) mass is 366 g/mol. The summed E-state index contributed by atoms with van der Waals surface area (Å²) in [4.78, 5) is 0. The third-order valence-corrected chi connectivity index (χ3v) is 7.03. The minimum atomic E-state index is -2.72. The number of benzene rings is 1. The first-order valence-electron chi connectivity index (χ1n) is 10.1. The Morgan fingerprint density at radius 2 is 1.77 bits per heavy atom. The molecule has 2 aliphatic carbocycles. The summed E-state index contributed by atoms with van der Waals surface area (Å²) in [5.41, 5.74) is 0.220. The highest BCUT2D eigenvalue weighted by atomic mass is 19.3. The Morgan fingerprint density at radius 3 is 2.31 bits per heavy atom. The zero-order valence-corrected chi connectivity index (χ0v) is 16.4. The van der Waals surface area contributed by atoms with Gasteiger partial charge in [-0.05, 0) is 55.2 Å². The van der Waals surface area contributed by atoms with Crippen molar-refractivity contribution in [3.05, 3.63) is 23.3 Å². The van der Waals surface area contributed by atoms with Crippen molar-refractivity contribution in [2.45, 2.75) is 78.1 Å². The Kier molecular flexibility index (Phi) is 5.00. The lowest BCUT2D eigenvalue weighted by molar-refractivity contribution is 0.0610. The number of fused-ring (bicyclic) bond motifs is 1. The second-order valence-corrected chi connectivity index (χ2v) is 9.00. The highest BCUT2D eigenvalue weighted by Crippen LogP contribution is 2.77. The molecule has 1 aromatic rings. The van der Waals surface area contributed by atoms with Crippen LogP contribution in [-0.2, 0) is 6.42 Å². The van der Waals surface area contributed by atoms with Crippen LogP contribution in [0.4, 0.5) is 8.78 Å². The van der Waals surface area contributed by atoms with E-state index in [4.69, 9.17) is 0 Å². The average molecular weight is 366 g/mol. The van der Waals surface area contributed by atoms with E-state index in [0.29, 0.717) is 18.4 Å². The van der Waals surface area contributed by atoms with E-state index in [1.165, 1.54) is 0 Å². The fraction of sp³-hybridized carbons (Fsp3) is 0.727. The number of aryl methyl sites for hydroxylation is 1. The topological polar surface area (TPSA) is 40.5 Å². The van der Waals surface area contributed by atoms with Crippen molar-refractivity contribution >= 4 is 0 Å². The molecular formula is C22H32F2O2. The molecule has 2 saturated carbocycles. The van der Waals surface area contributed by atoms with Crippen molar-refractivity contribution in [3.8, 4) is 11.5 Å². The van der Waals surface area contributed by atoms with Gasteiger partial charge in [0.1, 0.15) is 11.5 Å². The van der Waals surface area contributed by atoms with Crippen molar-refractivity contribution < 1.29 is 19.0 Å². The summed E-state index contributed by atoms with van der Waals surface area (Å²) in [6.45, 7) is 7.89. The summed E-state index contributed by atoms with van der Waals surface area (Å²) in [6, 6.07) is 3.35. The number of halogens is 2. The number of alkyl halides is 2. The molecule has 26 heavy (non-hydrogen) atoms. The van der Waals surface area contributed by atoms with Gasteiger partial charge in [0.05, 0.1) is 0 Å². The third kappa shape index (κ3) is 2.90. The van der Waals surface area contributed by atoms with Crippen molar-refractivity contribution in [2.24, 2.45) is 23.2 Å². The van der Waals surface area contributed by atoms with E-state index in [9.17, 15) is 19.0 Å². The van der Waals surface area contributed by atoms with Crippen LogP contribution in [0.2, 0.25) is 0 Å². The van der Waals surface area contributed by atoms with Crippen LogP contribution in [-0.4, -0.2) is 16.1 Å². The molecule has 0 aromatic heterocycles. The maximum absolute atomic E-state index is 14.6. The van der Waals surface area contributed by atoms with Crippen molar-refractivity contribution in [2.75, 3.05) is 0 Å². The molecule has 2 fully saturated rings. The molecule has 3 rings (SSSR count). The predicted octanol–water partition coefficient (Wildman–Crippen LogP) is 6.25. The lowest BCUT2D eigenvalue weighted by Crippen LogP contribution is -2.27. The summed E-state index contributed by atoms with van der Waals surface area (Å²) < 4.78 is 29.3. The van der Waals surface area contributed by atoms with E-state index in [0.717, 1.165) is 31.2 Å². The molecule has 4 atom stereocenters. The molecule has 2 aliphatic rings. The number of rotatable bonds is 6. The standard InChI is InChI=1S/C22H32F2O2/c1-5-6-7-8-14-11-16(25)19(17(26)12-14)18-15(13(2)3)9-10-21(4)20(18)22(21,23)24/h11-13,15,18,20,25-26H,5-10H2,1-4H3. The van der Waals surface area contributed by atoms with Gasteiger partial charge in [-0.15, -0.1) is 0 Å². The number of hydrogen-bond acceptors (Lipinski definition) is 2. The molecule has 4 heteroatoms. The zero-order valence-electron chi connectivity index (χ0n) is 16.4. The lowest BCUT2D eigenvalue weighted by Gasteiger charge is -2.36. The fourth-order valence-corrected chi connectivity index (χ4v) is 5.33. The summed E-state index contributed by atoms with van der Waals surface area (Å²) in [5.74, 6) is -3.77. The maximum atomic E-state index is 14.6. The number of hydrogen-bond donors (Lipinski definition) is 2. The third-order valence-electron chi connectivity index (χ3n) is 7.03. The lowest BCUT2D eigenvalue weighted by atomic mass is 9.67. The van der Waals surface area contributed by atoms with Gasteiger partial charge >= 0.3 is 0 Å².